The van der Waals surface area contributed by atoms with E-state index < -0.39 is 11.9 Å². The Hall–Kier alpha value is -0.814. The summed E-state index contributed by atoms with van der Waals surface area (Å²) in [5.41, 5.74) is 0.801. The molecule has 4 nitrogen and oxygen atoms in total. The Bertz CT molecular complexity index is 287. The number of allylic oxidation sites excluding steroid dienone is 2. The second kappa shape index (κ2) is 15.2. The molecule has 0 bridgehead atoms. The summed E-state index contributed by atoms with van der Waals surface area (Å²) in [6, 6.07) is 0. The molecule has 0 aliphatic carbocycles. The number of carbonyl (C=O) groups excluding carboxylic acids is 2. The van der Waals surface area contributed by atoms with Crippen LogP contribution in [0.2, 0.25) is 0 Å². The molecule has 0 fully saturated rings. The number of carboxylic acid groups (broad SMARTS) is 2. The van der Waals surface area contributed by atoms with E-state index in [-0.39, 0.29) is 23.1 Å². The molecule has 0 N–H and O–H groups in total. The number of aliphatic carboxylic acids is 2. The van der Waals surface area contributed by atoms with Gasteiger partial charge in [0, 0.05) is 0 Å². The van der Waals surface area contributed by atoms with E-state index in [9.17, 15) is 19.8 Å². The second-order valence-corrected chi connectivity index (χ2v) is 3.56. The Morgan fingerprint density at radius 1 is 0.789 bits per heavy atom. The molecule has 0 saturated carbocycles. The van der Waals surface area contributed by atoms with Crippen LogP contribution in [0.25, 0.3) is 0 Å². The first-order chi connectivity index (χ1) is 8.44. The molecule has 5 heteroatoms. The molecule has 0 atom stereocenters. The molecule has 19 heavy (non-hydrogen) atoms. The molecule has 0 saturated heterocycles. The summed E-state index contributed by atoms with van der Waals surface area (Å²) >= 11 is 0. The van der Waals surface area contributed by atoms with Crippen molar-refractivity contribution < 1.29 is 19.8 Å². The van der Waals surface area contributed by atoms with Gasteiger partial charge >= 0.3 is 23.1 Å². The van der Waals surface area contributed by atoms with Crippen molar-refractivity contribution in [1.82, 2.24) is 0 Å². The van der Waals surface area contributed by atoms with Crippen molar-refractivity contribution in [1.29, 1.82) is 0 Å². The summed E-state index contributed by atoms with van der Waals surface area (Å²) in [6.45, 7) is 7.41. The predicted molar refractivity (Wildman–Crippen MR) is 73.1 cm³/mol. The number of hydrogen-bond acceptors (Lipinski definition) is 4. The molecule has 0 rings (SSSR count). The Kier molecular flexibility index (Phi) is 18.7. The van der Waals surface area contributed by atoms with Crippen molar-refractivity contribution in [3.05, 3.63) is 23.3 Å². The molecule has 0 spiro atoms. The number of rotatable bonds is 6. The van der Waals surface area contributed by atoms with Crippen LogP contribution in [0, 0.1) is 0 Å². The van der Waals surface area contributed by atoms with Crippen LogP contribution in [0.1, 0.15) is 53.4 Å². The van der Waals surface area contributed by atoms with E-state index in [1.807, 2.05) is 13.8 Å². The minimum Gasteiger partial charge on any atom is -0.545 e. The summed E-state index contributed by atoms with van der Waals surface area (Å²) < 4.78 is 0. The van der Waals surface area contributed by atoms with Crippen molar-refractivity contribution in [2.45, 2.75) is 53.4 Å². The monoisotopic (exact) mass is 278 g/mol. The normalized spacial score (nSPS) is 10.9. The van der Waals surface area contributed by atoms with Crippen LogP contribution in [0.5, 0.6) is 0 Å². The van der Waals surface area contributed by atoms with Gasteiger partial charge in [-0.15, -0.1) is 0 Å². The Balaban J connectivity index is -0.000000256. The van der Waals surface area contributed by atoms with Crippen molar-refractivity contribution in [3.8, 4) is 0 Å². The van der Waals surface area contributed by atoms with E-state index in [0.29, 0.717) is 24.0 Å². The van der Waals surface area contributed by atoms with E-state index in [0.717, 1.165) is 12.8 Å². The molecule has 0 unspecified atom stereocenters. The van der Waals surface area contributed by atoms with Gasteiger partial charge in [0.15, 0.2) is 0 Å². The Morgan fingerprint density at radius 2 is 1.05 bits per heavy atom. The van der Waals surface area contributed by atoms with Crippen LogP contribution in [0.3, 0.4) is 0 Å². The molecule has 0 amide bonds. The number of carbonyl (C=O) groups is 2. The fourth-order valence-electron chi connectivity index (χ4n) is 1.24. The van der Waals surface area contributed by atoms with Gasteiger partial charge in [0.1, 0.15) is 0 Å². The van der Waals surface area contributed by atoms with Gasteiger partial charge in [-0.1, -0.05) is 39.8 Å². The fourth-order valence-corrected chi connectivity index (χ4v) is 1.24. The molecular formula is C14H22MgO4. The van der Waals surface area contributed by atoms with Gasteiger partial charge < -0.3 is 19.8 Å². The largest absolute Gasteiger partial charge is 2.00 e. The average Bonchev–Trinajstić information content (AvgIpc) is 2.32. The molecule has 0 aliphatic rings. The third-order valence-corrected chi connectivity index (χ3v) is 2.19. The second-order valence-electron chi connectivity index (χ2n) is 3.56. The average molecular weight is 279 g/mol. The van der Waals surface area contributed by atoms with E-state index in [2.05, 4.69) is 0 Å². The smallest absolute Gasteiger partial charge is 0.545 e. The van der Waals surface area contributed by atoms with Gasteiger partial charge in [0.05, 0.1) is 11.9 Å². The molecule has 0 radical (unpaired) electrons. The van der Waals surface area contributed by atoms with E-state index >= 15 is 0 Å². The minimum atomic E-state index is -1.04. The molecule has 0 aromatic rings. The van der Waals surface area contributed by atoms with Crippen molar-refractivity contribution in [3.63, 3.8) is 0 Å². The molecule has 0 aromatic carbocycles. The van der Waals surface area contributed by atoms with Crippen LogP contribution >= 0.6 is 0 Å². The van der Waals surface area contributed by atoms with Crippen LogP contribution in [0.15, 0.2) is 23.3 Å². The maximum absolute atomic E-state index is 10.1. The quantitative estimate of drug-likeness (QED) is 0.526. The maximum Gasteiger partial charge on any atom is 2.00 e. The van der Waals surface area contributed by atoms with Gasteiger partial charge in [0.25, 0.3) is 0 Å². The van der Waals surface area contributed by atoms with Gasteiger partial charge in [-0.25, -0.2) is 0 Å². The Morgan fingerprint density at radius 3 is 1.11 bits per heavy atom. The standard InChI is InChI=1S/2C7H12O2.Mg/c2*1-3-5-6(4-2)7(8)9;/h2*5H,3-4H2,1-2H3,(H,8,9);/q;;+2/p-2/b2*6-5-;. The Labute approximate surface area is 131 Å². The van der Waals surface area contributed by atoms with Gasteiger partial charge in [-0.3, -0.25) is 0 Å². The summed E-state index contributed by atoms with van der Waals surface area (Å²) in [4.78, 5) is 20.3. The van der Waals surface area contributed by atoms with E-state index in [4.69, 9.17) is 0 Å². The molecular weight excluding hydrogens is 256 g/mol. The summed E-state index contributed by atoms with van der Waals surface area (Å²) in [6.07, 6.45) is 5.98. The predicted octanol–water partition coefficient (Wildman–Crippen LogP) is 0.585. The molecule has 104 valence electrons. The number of hydrogen-bond donors (Lipinski definition) is 0. The SMILES string of the molecule is CC/C=C(/CC)C(=O)[O-].CC/C=C(/CC)C(=O)[O-].[Mg+2]. The molecule has 0 aromatic heterocycles. The van der Waals surface area contributed by atoms with Crippen LogP contribution in [-0.4, -0.2) is 35.0 Å². The van der Waals surface area contributed by atoms with Crippen molar-refractivity contribution in [2.75, 3.05) is 0 Å². The van der Waals surface area contributed by atoms with Crippen molar-refractivity contribution >= 4 is 35.0 Å². The van der Waals surface area contributed by atoms with Crippen LogP contribution in [-0.2, 0) is 9.59 Å². The fraction of sp³-hybridized carbons (Fsp3) is 0.571. The summed E-state index contributed by atoms with van der Waals surface area (Å²) in [5.74, 6) is -2.08. The zero-order valence-electron chi connectivity index (χ0n) is 12.3. The van der Waals surface area contributed by atoms with Gasteiger partial charge in [-0.2, -0.15) is 0 Å². The van der Waals surface area contributed by atoms with Gasteiger partial charge in [-0.05, 0) is 36.8 Å². The maximum atomic E-state index is 10.1. The third-order valence-electron chi connectivity index (χ3n) is 2.19. The molecule has 0 aliphatic heterocycles. The summed E-state index contributed by atoms with van der Waals surface area (Å²) in [5, 5.41) is 20.3. The van der Waals surface area contributed by atoms with Gasteiger partial charge in [0.2, 0.25) is 0 Å². The third kappa shape index (κ3) is 13.4. The number of carboxylic acids is 2. The first-order valence-corrected chi connectivity index (χ1v) is 6.25. The first-order valence-electron chi connectivity index (χ1n) is 6.25. The van der Waals surface area contributed by atoms with E-state index in [1.54, 1.807) is 26.0 Å². The van der Waals surface area contributed by atoms with Crippen LogP contribution in [0.4, 0.5) is 0 Å². The topological polar surface area (TPSA) is 80.3 Å². The zero-order valence-corrected chi connectivity index (χ0v) is 13.7. The summed E-state index contributed by atoms with van der Waals surface area (Å²) in [7, 11) is 0. The first kappa shape index (κ1) is 23.3. The minimum absolute atomic E-state index is 0. The molecule has 0 heterocycles. The zero-order chi connectivity index (χ0) is 14.6. The van der Waals surface area contributed by atoms with E-state index in [1.165, 1.54) is 0 Å². The van der Waals surface area contributed by atoms with Crippen molar-refractivity contribution in [2.24, 2.45) is 0 Å². The van der Waals surface area contributed by atoms with Crippen LogP contribution < -0.4 is 10.2 Å².